The maximum absolute atomic E-state index is 13.2. The van der Waals surface area contributed by atoms with Gasteiger partial charge in [-0.25, -0.2) is 0 Å². The van der Waals surface area contributed by atoms with E-state index < -0.39 is 0 Å². The first-order chi connectivity index (χ1) is 12.7. The summed E-state index contributed by atoms with van der Waals surface area (Å²) in [6, 6.07) is 5.61. The molecule has 1 spiro atoms. The first-order valence-electron chi connectivity index (χ1n) is 9.18. The summed E-state index contributed by atoms with van der Waals surface area (Å²) in [5.74, 6) is 0.237. The van der Waals surface area contributed by atoms with Crippen LogP contribution in [0.25, 0.3) is 0 Å². The number of amides is 2. The largest absolute Gasteiger partial charge is 0.472 e. The average Bonchev–Trinajstić information content (AvgIpc) is 3.21. The SMILES string of the molecule is O=C(c1ccoc1)N1CCC2(CCCN(Cc3ccncc3)C2=O)CC1. The normalized spacial score (nSPS) is 19.8. The molecule has 6 nitrogen and oxygen atoms in total. The summed E-state index contributed by atoms with van der Waals surface area (Å²) in [6.45, 7) is 2.69. The van der Waals surface area contributed by atoms with Crippen LogP contribution in [0.4, 0.5) is 0 Å². The fourth-order valence-electron chi connectivity index (χ4n) is 4.18. The first-order valence-corrected chi connectivity index (χ1v) is 9.18. The molecule has 0 saturated carbocycles. The lowest BCUT2D eigenvalue weighted by molar-refractivity contribution is -0.150. The molecule has 0 atom stereocenters. The van der Waals surface area contributed by atoms with Gasteiger partial charge in [-0.1, -0.05) is 0 Å². The van der Waals surface area contributed by atoms with Crippen molar-refractivity contribution in [3.8, 4) is 0 Å². The molecule has 4 rings (SSSR count). The molecule has 0 radical (unpaired) electrons. The maximum atomic E-state index is 13.2. The number of carbonyl (C=O) groups excluding carboxylic acids is 2. The van der Waals surface area contributed by atoms with Crippen molar-refractivity contribution in [1.29, 1.82) is 0 Å². The number of rotatable bonds is 3. The van der Waals surface area contributed by atoms with Crippen LogP contribution in [0.15, 0.2) is 47.5 Å². The second kappa shape index (κ2) is 6.94. The Kier molecular flexibility index (Phi) is 4.49. The second-order valence-electron chi connectivity index (χ2n) is 7.27. The van der Waals surface area contributed by atoms with Crippen LogP contribution in [0.2, 0.25) is 0 Å². The first kappa shape index (κ1) is 16.8. The molecule has 0 unspecified atom stereocenters. The van der Waals surface area contributed by atoms with Crippen molar-refractivity contribution in [2.45, 2.75) is 32.2 Å². The minimum atomic E-state index is -0.307. The topological polar surface area (TPSA) is 66.7 Å². The highest BCUT2D eigenvalue weighted by Crippen LogP contribution is 2.41. The van der Waals surface area contributed by atoms with Crippen LogP contribution in [-0.4, -0.2) is 46.2 Å². The molecule has 2 amide bonds. The quantitative estimate of drug-likeness (QED) is 0.851. The predicted molar refractivity (Wildman–Crippen MR) is 95.2 cm³/mol. The minimum Gasteiger partial charge on any atom is -0.472 e. The van der Waals surface area contributed by atoms with Crippen molar-refractivity contribution in [3.05, 3.63) is 54.2 Å². The zero-order valence-corrected chi connectivity index (χ0v) is 14.8. The van der Waals surface area contributed by atoms with Crippen molar-refractivity contribution < 1.29 is 14.0 Å². The fraction of sp³-hybridized carbons (Fsp3) is 0.450. The third kappa shape index (κ3) is 3.11. The van der Waals surface area contributed by atoms with Crippen LogP contribution < -0.4 is 0 Å². The molecule has 2 fully saturated rings. The van der Waals surface area contributed by atoms with Gasteiger partial charge >= 0.3 is 0 Å². The van der Waals surface area contributed by atoms with Gasteiger partial charge in [0.1, 0.15) is 6.26 Å². The molecule has 2 aliphatic heterocycles. The van der Waals surface area contributed by atoms with E-state index in [2.05, 4.69) is 4.98 Å². The Labute approximate surface area is 152 Å². The maximum Gasteiger partial charge on any atom is 0.257 e. The summed E-state index contributed by atoms with van der Waals surface area (Å²) in [5.41, 5.74) is 1.38. The van der Waals surface area contributed by atoms with Gasteiger partial charge < -0.3 is 14.2 Å². The number of hydrogen-bond donors (Lipinski definition) is 0. The number of nitrogens with zero attached hydrogens (tertiary/aromatic N) is 3. The van der Waals surface area contributed by atoms with Crippen LogP contribution in [0, 0.1) is 5.41 Å². The van der Waals surface area contributed by atoms with Gasteiger partial charge in [-0.3, -0.25) is 14.6 Å². The molecule has 0 aromatic carbocycles. The Balaban J connectivity index is 1.42. The molecule has 26 heavy (non-hydrogen) atoms. The van der Waals surface area contributed by atoms with E-state index >= 15 is 0 Å². The summed E-state index contributed by atoms with van der Waals surface area (Å²) < 4.78 is 5.01. The Morgan fingerprint density at radius 2 is 1.88 bits per heavy atom. The molecule has 0 aliphatic carbocycles. The van der Waals surface area contributed by atoms with E-state index in [1.54, 1.807) is 18.5 Å². The zero-order valence-electron chi connectivity index (χ0n) is 14.8. The predicted octanol–water partition coefficient (Wildman–Crippen LogP) is 2.72. The van der Waals surface area contributed by atoms with Crippen molar-refractivity contribution in [2.24, 2.45) is 5.41 Å². The van der Waals surface area contributed by atoms with Crippen molar-refractivity contribution >= 4 is 11.8 Å². The number of carbonyl (C=O) groups is 2. The summed E-state index contributed by atoms with van der Waals surface area (Å²) in [7, 11) is 0. The third-order valence-electron chi connectivity index (χ3n) is 5.72. The number of aromatic nitrogens is 1. The number of piperidine rings is 2. The highest BCUT2D eigenvalue weighted by atomic mass is 16.3. The minimum absolute atomic E-state index is 0.00880. The molecule has 6 heteroatoms. The lowest BCUT2D eigenvalue weighted by Crippen LogP contribution is -2.54. The van der Waals surface area contributed by atoms with Crippen LogP contribution in [0.3, 0.4) is 0 Å². The summed E-state index contributed by atoms with van der Waals surface area (Å²) in [6.07, 6.45) is 9.94. The Morgan fingerprint density at radius 1 is 1.12 bits per heavy atom. The van der Waals surface area contributed by atoms with Crippen LogP contribution >= 0.6 is 0 Å². The molecule has 2 saturated heterocycles. The summed E-state index contributed by atoms with van der Waals surface area (Å²) >= 11 is 0. The van der Waals surface area contributed by atoms with Crippen molar-refractivity contribution in [2.75, 3.05) is 19.6 Å². The molecule has 4 heterocycles. The van der Waals surface area contributed by atoms with Gasteiger partial charge in [-0.2, -0.15) is 0 Å². The van der Waals surface area contributed by atoms with Gasteiger partial charge in [0.2, 0.25) is 5.91 Å². The Hall–Kier alpha value is -2.63. The monoisotopic (exact) mass is 353 g/mol. The lowest BCUT2D eigenvalue weighted by Gasteiger charge is -2.46. The fourth-order valence-corrected chi connectivity index (χ4v) is 4.18. The van der Waals surface area contributed by atoms with Crippen molar-refractivity contribution in [3.63, 3.8) is 0 Å². The van der Waals surface area contributed by atoms with Crippen LogP contribution in [0.1, 0.15) is 41.6 Å². The van der Waals surface area contributed by atoms with E-state index in [0.29, 0.717) is 25.2 Å². The molecular formula is C20H23N3O3. The number of furan rings is 1. The highest BCUT2D eigenvalue weighted by molar-refractivity contribution is 5.94. The molecule has 2 aromatic rings. The van der Waals surface area contributed by atoms with E-state index in [-0.39, 0.29) is 17.2 Å². The molecular weight excluding hydrogens is 330 g/mol. The van der Waals surface area contributed by atoms with Crippen LogP contribution in [0.5, 0.6) is 0 Å². The number of pyridine rings is 1. The van der Waals surface area contributed by atoms with Gasteiger partial charge in [-0.05, 0) is 49.4 Å². The van der Waals surface area contributed by atoms with Gasteiger partial charge in [0.05, 0.1) is 17.2 Å². The molecule has 2 aromatic heterocycles. The summed E-state index contributed by atoms with van der Waals surface area (Å²) in [5, 5.41) is 0. The number of likely N-dealkylation sites (tertiary alicyclic amines) is 2. The molecule has 0 bridgehead atoms. The van der Waals surface area contributed by atoms with E-state index in [4.69, 9.17) is 4.42 Å². The summed E-state index contributed by atoms with van der Waals surface area (Å²) in [4.78, 5) is 33.5. The highest BCUT2D eigenvalue weighted by Gasteiger charge is 2.46. The van der Waals surface area contributed by atoms with Gasteiger partial charge in [0.15, 0.2) is 0 Å². The van der Waals surface area contributed by atoms with E-state index in [1.165, 1.54) is 12.5 Å². The molecule has 2 aliphatic rings. The van der Waals surface area contributed by atoms with Crippen molar-refractivity contribution in [1.82, 2.24) is 14.8 Å². The van der Waals surface area contributed by atoms with E-state index in [0.717, 1.165) is 37.8 Å². The molecule has 0 N–H and O–H groups in total. The van der Waals surface area contributed by atoms with Gasteiger partial charge in [0.25, 0.3) is 5.91 Å². The lowest BCUT2D eigenvalue weighted by atomic mass is 9.71. The Bertz CT molecular complexity index is 765. The Morgan fingerprint density at radius 3 is 2.58 bits per heavy atom. The smallest absolute Gasteiger partial charge is 0.257 e. The van der Waals surface area contributed by atoms with Gasteiger partial charge in [0, 0.05) is 38.6 Å². The van der Waals surface area contributed by atoms with E-state index in [1.807, 2.05) is 21.9 Å². The average molecular weight is 353 g/mol. The zero-order chi connectivity index (χ0) is 18.0. The third-order valence-corrected chi connectivity index (χ3v) is 5.72. The van der Waals surface area contributed by atoms with Crippen LogP contribution in [-0.2, 0) is 11.3 Å². The standard InChI is InChI=1S/C20H23N3O3/c24-18(17-4-13-26-15-17)22-11-6-20(7-12-22)5-1-10-23(19(20)25)14-16-2-8-21-9-3-16/h2-4,8-9,13,15H,1,5-7,10-12,14H2. The number of hydrogen-bond acceptors (Lipinski definition) is 4. The second-order valence-corrected chi connectivity index (χ2v) is 7.27. The van der Waals surface area contributed by atoms with Gasteiger partial charge in [-0.15, -0.1) is 0 Å². The molecule has 136 valence electrons. The van der Waals surface area contributed by atoms with E-state index in [9.17, 15) is 9.59 Å².